The van der Waals surface area contributed by atoms with Gasteiger partial charge in [0.2, 0.25) is 0 Å². The van der Waals surface area contributed by atoms with Crippen molar-refractivity contribution in [3.05, 3.63) is 0 Å². The van der Waals surface area contributed by atoms with Crippen molar-refractivity contribution in [2.24, 2.45) is 0 Å². The summed E-state index contributed by atoms with van der Waals surface area (Å²) in [6, 6.07) is 2.56. The second kappa shape index (κ2) is 7.76. The van der Waals surface area contributed by atoms with Crippen molar-refractivity contribution in [2.75, 3.05) is 33.2 Å². The minimum atomic E-state index is -0.243. The highest BCUT2D eigenvalue weighted by Crippen LogP contribution is 2.23. The maximum atomic E-state index is 9.50. The number of nitriles is 1. The van der Waals surface area contributed by atoms with Crippen LogP contribution in [0, 0.1) is 11.3 Å². The Labute approximate surface area is 113 Å². The molecule has 18 heavy (non-hydrogen) atoms. The van der Waals surface area contributed by atoms with E-state index in [-0.39, 0.29) is 5.54 Å². The first-order valence-electron chi connectivity index (χ1n) is 7.47. The van der Waals surface area contributed by atoms with E-state index >= 15 is 0 Å². The summed E-state index contributed by atoms with van der Waals surface area (Å²) in [5, 5.41) is 9.50. The van der Waals surface area contributed by atoms with Crippen LogP contribution in [0.25, 0.3) is 0 Å². The Morgan fingerprint density at radius 3 is 2.22 bits per heavy atom. The molecule has 0 amide bonds. The summed E-state index contributed by atoms with van der Waals surface area (Å²) >= 11 is 0. The Kier molecular flexibility index (Phi) is 6.67. The number of likely N-dealkylation sites (N-methyl/N-ethyl adjacent to an activating group) is 1. The lowest BCUT2D eigenvalue weighted by Gasteiger charge is -2.41. The molecular formula is C15H29N3. The molecule has 1 saturated heterocycles. The Morgan fingerprint density at radius 2 is 1.67 bits per heavy atom. The first-order chi connectivity index (χ1) is 8.62. The van der Waals surface area contributed by atoms with Gasteiger partial charge in [-0.15, -0.1) is 0 Å². The predicted octanol–water partition coefficient (Wildman–Crippen LogP) is 2.88. The molecule has 3 heteroatoms. The second-order valence-electron chi connectivity index (χ2n) is 5.84. The molecule has 1 fully saturated rings. The van der Waals surface area contributed by atoms with Crippen molar-refractivity contribution in [1.82, 2.24) is 9.80 Å². The fourth-order valence-electron chi connectivity index (χ4n) is 2.66. The fourth-order valence-corrected chi connectivity index (χ4v) is 2.66. The maximum absolute atomic E-state index is 9.50. The Hall–Kier alpha value is -0.590. The zero-order valence-electron chi connectivity index (χ0n) is 12.4. The molecule has 1 rings (SSSR count). The van der Waals surface area contributed by atoms with Crippen LogP contribution in [0.1, 0.15) is 52.4 Å². The summed E-state index contributed by atoms with van der Waals surface area (Å²) in [5.74, 6) is 0. The van der Waals surface area contributed by atoms with E-state index in [9.17, 15) is 5.26 Å². The van der Waals surface area contributed by atoms with Gasteiger partial charge in [-0.2, -0.15) is 5.26 Å². The highest BCUT2D eigenvalue weighted by atomic mass is 15.3. The molecule has 1 unspecified atom stereocenters. The first kappa shape index (κ1) is 15.5. The van der Waals surface area contributed by atoms with Crippen LogP contribution < -0.4 is 0 Å². The Bertz CT molecular complexity index is 263. The fraction of sp³-hybridized carbons (Fsp3) is 0.933. The second-order valence-corrected chi connectivity index (χ2v) is 5.84. The number of unbranched alkanes of at least 4 members (excludes halogenated alkanes) is 4. The molecule has 0 aromatic rings. The first-order valence-corrected chi connectivity index (χ1v) is 7.47. The summed E-state index contributed by atoms with van der Waals surface area (Å²) in [6.07, 6.45) is 7.43. The third-order valence-corrected chi connectivity index (χ3v) is 4.21. The number of hydrogen-bond acceptors (Lipinski definition) is 3. The third-order valence-electron chi connectivity index (χ3n) is 4.21. The molecule has 0 radical (unpaired) electrons. The number of hydrogen-bond donors (Lipinski definition) is 0. The number of piperazine rings is 1. The van der Waals surface area contributed by atoms with Gasteiger partial charge in [-0.3, -0.25) is 4.90 Å². The van der Waals surface area contributed by atoms with E-state index in [2.05, 4.69) is 36.8 Å². The lowest BCUT2D eigenvalue weighted by atomic mass is 9.92. The average Bonchev–Trinajstić information content (AvgIpc) is 2.39. The Balaban J connectivity index is 2.35. The van der Waals surface area contributed by atoms with E-state index in [0.717, 1.165) is 32.6 Å². The van der Waals surface area contributed by atoms with Gasteiger partial charge in [0.05, 0.1) is 6.07 Å². The quantitative estimate of drug-likeness (QED) is 0.652. The van der Waals surface area contributed by atoms with Gasteiger partial charge in [-0.25, -0.2) is 0 Å². The lowest BCUT2D eigenvalue weighted by Crippen LogP contribution is -2.54. The van der Waals surface area contributed by atoms with Gasteiger partial charge in [-0.1, -0.05) is 39.0 Å². The third kappa shape index (κ3) is 4.59. The van der Waals surface area contributed by atoms with E-state index in [1.807, 2.05) is 0 Å². The topological polar surface area (TPSA) is 30.3 Å². The van der Waals surface area contributed by atoms with Crippen molar-refractivity contribution >= 4 is 0 Å². The van der Waals surface area contributed by atoms with Crippen LogP contribution >= 0.6 is 0 Å². The molecule has 3 nitrogen and oxygen atoms in total. The molecule has 1 aliphatic rings. The average molecular weight is 251 g/mol. The smallest absolute Gasteiger partial charge is 0.106 e. The molecule has 1 atom stereocenters. The molecule has 0 spiro atoms. The molecule has 0 aliphatic carbocycles. The van der Waals surface area contributed by atoms with Gasteiger partial charge < -0.3 is 4.90 Å². The standard InChI is InChI=1S/C15H29N3/c1-4-5-6-7-8-9-15(2,14-16)18-12-10-17(3)11-13-18/h4-13H2,1-3H3. The van der Waals surface area contributed by atoms with Crippen molar-refractivity contribution in [3.63, 3.8) is 0 Å². The monoisotopic (exact) mass is 251 g/mol. The lowest BCUT2D eigenvalue weighted by molar-refractivity contribution is 0.0768. The summed E-state index contributed by atoms with van der Waals surface area (Å²) in [7, 11) is 2.16. The van der Waals surface area contributed by atoms with Crippen LogP contribution in [0.3, 0.4) is 0 Å². The van der Waals surface area contributed by atoms with Crippen LogP contribution in [0.4, 0.5) is 0 Å². The van der Waals surface area contributed by atoms with E-state index in [4.69, 9.17) is 0 Å². The van der Waals surface area contributed by atoms with E-state index in [1.54, 1.807) is 0 Å². The molecule has 0 saturated carbocycles. The predicted molar refractivity (Wildman–Crippen MR) is 76.5 cm³/mol. The molecule has 1 aliphatic heterocycles. The summed E-state index contributed by atoms with van der Waals surface area (Å²) in [4.78, 5) is 4.72. The van der Waals surface area contributed by atoms with Gasteiger partial charge in [0.1, 0.15) is 5.54 Å². The van der Waals surface area contributed by atoms with Gasteiger partial charge in [0, 0.05) is 26.2 Å². The molecule has 104 valence electrons. The van der Waals surface area contributed by atoms with Gasteiger partial charge in [0.25, 0.3) is 0 Å². The maximum Gasteiger partial charge on any atom is 0.106 e. The largest absolute Gasteiger partial charge is 0.304 e. The van der Waals surface area contributed by atoms with Gasteiger partial charge >= 0.3 is 0 Å². The molecule has 0 bridgehead atoms. The minimum Gasteiger partial charge on any atom is -0.304 e. The Morgan fingerprint density at radius 1 is 1.06 bits per heavy atom. The van der Waals surface area contributed by atoms with Crippen LogP contribution in [0.2, 0.25) is 0 Å². The SMILES string of the molecule is CCCCCCCC(C)(C#N)N1CCN(C)CC1. The highest BCUT2D eigenvalue weighted by molar-refractivity contribution is 5.06. The molecule has 0 aromatic heterocycles. The zero-order valence-corrected chi connectivity index (χ0v) is 12.4. The zero-order chi connectivity index (χ0) is 13.4. The van der Waals surface area contributed by atoms with Crippen LogP contribution in [0.15, 0.2) is 0 Å². The van der Waals surface area contributed by atoms with Crippen molar-refractivity contribution < 1.29 is 0 Å². The van der Waals surface area contributed by atoms with Gasteiger partial charge in [0.15, 0.2) is 0 Å². The highest BCUT2D eigenvalue weighted by Gasteiger charge is 2.32. The van der Waals surface area contributed by atoms with Crippen molar-refractivity contribution in [1.29, 1.82) is 5.26 Å². The molecule has 0 aromatic carbocycles. The van der Waals surface area contributed by atoms with Crippen LogP contribution in [-0.2, 0) is 0 Å². The van der Waals surface area contributed by atoms with Crippen molar-refractivity contribution in [3.8, 4) is 6.07 Å². The van der Waals surface area contributed by atoms with Crippen molar-refractivity contribution in [2.45, 2.75) is 57.9 Å². The summed E-state index contributed by atoms with van der Waals surface area (Å²) < 4.78 is 0. The molecular weight excluding hydrogens is 222 g/mol. The van der Waals surface area contributed by atoms with Gasteiger partial charge in [-0.05, 0) is 20.4 Å². The summed E-state index contributed by atoms with van der Waals surface area (Å²) in [5.41, 5.74) is -0.243. The van der Waals surface area contributed by atoms with E-state index in [0.29, 0.717) is 0 Å². The van der Waals surface area contributed by atoms with Crippen LogP contribution in [0.5, 0.6) is 0 Å². The number of rotatable bonds is 7. The molecule has 1 heterocycles. The van der Waals surface area contributed by atoms with Crippen LogP contribution in [-0.4, -0.2) is 48.6 Å². The van der Waals surface area contributed by atoms with E-state index in [1.165, 1.54) is 32.1 Å². The number of nitrogens with zero attached hydrogens (tertiary/aromatic N) is 3. The summed E-state index contributed by atoms with van der Waals surface area (Å²) in [6.45, 7) is 8.62. The van der Waals surface area contributed by atoms with E-state index < -0.39 is 0 Å². The minimum absolute atomic E-state index is 0.243. The molecule has 0 N–H and O–H groups in total. The normalized spacial score (nSPS) is 21.4.